The van der Waals surface area contributed by atoms with E-state index in [0.717, 1.165) is 12.3 Å². The Bertz CT molecular complexity index is 199. The molecule has 0 aliphatic carbocycles. The maximum Gasteiger partial charge on any atom is 0.329 e. The zero-order chi connectivity index (χ0) is 9.56. The third-order valence-electron chi connectivity index (χ3n) is 0.860. The Morgan fingerprint density at radius 1 is 1.42 bits per heavy atom. The maximum absolute atomic E-state index is 10.8. The summed E-state index contributed by atoms with van der Waals surface area (Å²) in [6, 6.07) is -0.384. The SMILES string of the molecule is CC(C)NC(=O)N/C=C/C(=O)O. The molecule has 0 aromatic heterocycles. The number of amides is 2. The molecule has 0 aliphatic rings. The van der Waals surface area contributed by atoms with Crippen molar-refractivity contribution in [1.82, 2.24) is 10.6 Å². The number of urea groups is 1. The molecule has 0 unspecified atom stereocenters. The number of carboxylic acid groups (broad SMARTS) is 1. The van der Waals surface area contributed by atoms with Gasteiger partial charge in [-0.05, 0) is 13.8 Å². The van der Waals surface area contributed by atoms with E-state index in [1.54, 1.807) is 13.8 Å². The molecule has 0 fully saturated rings. The lowest BCUT2D eigenvalue weighted by molar-refractivity contribution is -0.131. The van der Waals surface area contributed by atoms with Gasteiger partial charge in [0.15, 0.2) is 0 Å². The zero-order valence-corrected chi connectivity index (χ0v) is 7.00. The molecule has 68 valence electrons. The van der Waals surface area contributed by atoms with E-state index >= 15 is 0 Å². The zero-order valence-electron chi connectivity index (χ0n) is 7.00. The molecular weight excluding hydrogens is 160 g/mol. The summed E-state index contributed by atoms with van der Waals surface area (Å²) in [5.74, 6) is -1.10. The van der Waals surface area contributed by atoms with Crippen LogP contribution in [0.25, 0.3) is 0 Å². The molecule has 0 radical (unpaired) electrons. The molecule has 0 spiro atoms. The fourth-order valence-electron chi connectivity index (χ4n) is 0.492. The van der Waals surface area contributed by atoms with E-state index in [1.807, 2.05) is 0 Å². The number of nitrogens with one attached hydrogen (secondary N) is 2. The lowest BCUT2D eigenvalue weighted by Gasteiger charge is -2.06. The molecule has 12 heavy (non-hydrogen) atoms. The third kappa shape index (κ3) is 6.60. The predicted octanol–water partition coefficient (Wildman–Crippen LogP) is 0.292. The third-order valence-corrected chi connectivity index (χ3v) is 0.860. The second-order valence-corrected chi connectivity index (χ2v) is 2.44. The lowest BCUT2D eigenvalue weighted by Crippen LogP contribution is -2.36. The van der Waals surface area contributed by atoms with Crippen molar-refractivity contribution in [2.24, 2.45) is 0 Å². The van der Waals surface area contributed by atoms with Crippen LogP contribution < -0.4 is 10.6 Å². The van der Waals surface area contributed by atoms with Crippen molar-refractivity contribution in [2.75, 3.05) is 0 Å². The molecule has 0 saturated carbocycles. The number of rotatable bonds is 3. The molecule has 0 aromatic carbocycles. The normalized spacial score (nSPS) is 10.2. The van der Waals surface area contributed by atoms with E-state index in [-0.39, 0.29) is 6.04 Å². The highest BCUT2D eigenvalue weighted by atomic mass is 16.4. The topological polar surface area (TPSA) is 78.4 Å². The van der Waals surface area contributed by atoms with Gasteiger partial charge in [0.2, 0.25) is 0 Å². The molecule has 5 heteroatoms. The summed E-state index contributed by atoms with van der Waals surface area (Å²) in [6.07, 6.45) is 1.92. The standard InChI is InChI=1S/C7H12N2O3/c1-5(2)9-7(12)8-4-3-6(10)11/h3-5H,1-2H3,(H,10,11)(H2,8,9,12)/b4-3+. The van der Waals surface area contributed by atoms with Gasteiger partial charge >= 0.3 is 12.0 Å². The Labute approximate surface area is 70.5 Å². The second-order valence-electron chi connectivity index (χ2n) is 2.44. The fraction of sp³-hybridized carbons (Fsp3) is 0.429. The van der Waals surface area contributed by atoms with Gasteiger partial charge in [0.1, 0.15) is 0 Å². The number of carboxylic acids is 1. The van der Waals surface area contributed by atoms with Crippen LogP contribution in [0.5, 0.6) is 0 Å². The molecule has 2 amide bonds. The Morgan fingerprint density at radius 3 is 2.42 bits per heavy atom. The monoisotopic (exact) mass is 172 g/mol. The van der Waals surface area contributed by atoms with Gasteiger partial charge in [-0.2, -0.15) is 0 Å². The van der Waals surface area contributed by atoms with Crippen LogP contribution >= 0.6 is 0 Å². The fourth-order valence-corrected chi connectivity index (χ4v) is 0.492. The average Bonchev–Trinajstić information content (AvgIpc) is 1.84. The van der Waals surface area contributed by atoms with Gasteiger partial charge < -0.3 is 15.7 Å². The highest BCUT2D eigenvalue weighted by Gasteiger charge is 1.98. The Balaban J connectivity index is 3.64. The highest BCUT2D eigenvalue weighted by Crippen LogP contribution is 1.76. The first kappa shape index (κ1) is 10.5. The first-order chi connectivity index (χ1) is 5.52. The van der Waals surface area contributed by atoms with Crippen molar-refractivity contribution in [3.05, 3.63) is 12.3 Å². The molecule has 5 nitrogen and oxygen atoms in total. The van der Waals surface area contributed by atoms with Gasteiger partial charge in [0, 0.05) is 18.3 Å². The lowest BCUT2D eigenvalue weighted by atomic mass is 10.4. The number of hydrogen-bond donors (Lipinski definition) is 3. The first-order valence-corrected chi connectivity index (χ1v) is 3.49. The largest absolute Gasteiger partial charge is 0.478 e. The Morgan fingerprint density at radius 2 is 2.00 bits per heavy atom. The van der Waals surface area contributed by atoms with E-state index in [9.17, 15) is 9.59 Å². The Hall–Kier alpha value is -1.52. The van der Waals surface area contributed by atoms with Gasteiger partial charge in [-0.3, -0.25) is 0 Å². The van der Waals surface area contributed by atoms with Crippen LogP contribution in [0.3, 0.4) is 0 Å². The van der Waals surface area contributed by atoms with Crippen LogP contribution in [-0.2, 0) is 4.79 Å². The molecule has 3 N–H and O–H groups in total. The number of aliphatic carboxylic acids is 1. The molecule has 0 saturated heterocycles. The summed E-state index contributed by atoms with van der Waals surface area (Å²) in [7, 11) is 0. The van der Waals surface area contributed by atoms with Crippen LogP contribution in [0.4, 0.5) is 4.79 Å². The number of hydrogen-bond acceptors (Lipinski definition) is 2. The van der Waals surface area contributed by atoms with Gasteiger partial charge in [-0.25, -0.2) is 9.59 Å². The van der Waals surface area contributed by atoms with Crippen LogP contribution in [-0.4, -0.2) is 23.1 Å². The molecule has 0 aliphatic heterocycles. The van der Waals surface area contributed by atoms with Crippen LogP contribution in [0, 0.1) is 0 Å². The summed E-state index contributed by atoms with van der Waals surface area (Å²) in [4.78, 5) is 20.7. The molecule has 0 bridgehead atoms. The van der Waals surface area contributed by atoms with E-state index in [4.69, 9.17) is 5.11 Å². The summed E-state index contributed by atoms with van der Waals surface area (Å²) in [5, 5.41) is 12.9. The summed E-state index contributed by atoms with van der Waals surface area (Å²) < 4.78 is 0. The van der Waals surface area contributed by atoms with Crippen molar-refractivity contribution in [1.29, 1.82) is 0 Å². The van der Waals surface area contributed by atoms with Crippen molar-refractivity contribution in [2.45, 2.75) is 19.9 Å². The van der Waals surface area contributed by atoms with Crippen LogP contribution in [0.15, 0.2) is 12.3 Å². The molecule has 0 rings (SSSR count). The van der Waals surface area contributed by atoms with E-state index < -0.39 is 12.0 Å². The first-order valence-electron chi connectivity index (χ1n) is 3.49. The molecule has 0 heterocycles. The summed E-state index contributed by atoms with van der Waals surface area (Å²) >= 11 is 0. The van der Waals surface area contributed by atoms with Crippen molar-refractivity contribution >= 4 is 12.0 Å². The van der Waals surface area contributed by atoms with Crippen molar-refractivity contribution < 1.29 is 14.7 Å². The van der Waals surface area contributed by atoms with E-state index in [0.29, 0.717) is 0 Å². The van der Waals surface area contributed by atoms with Crippen molar-refractivity contribution in [3.8, 4) is 0 Å². The maximum atomic E-state index is 10.8. The predicted molar refractivity (Wildman–Crippen MR) is 43.6 cm³/mol. The second kappa shape index (κ2) is 5.17. The number of carbonyl (C=O) groups excluding carboxylic acids is 1. The van der Waals surface area contributed by atoms with Gasteiger partial charge in [-0.15, -0.1) is 0 Å². The number of carbonyl (C=O) groups is 2. The Kier molecular flexibility index (Phi) is 4.52. The molecule has 0 atom stereocenters. The quantitative estimate of drug-likeness (QED) is 0.535. The average molecular weight is 172 g/mol. The van der Waals surface area contributed by atoms with Gasteiger partial charge in [0.05, 0.1) is 0 Å². The van der Waals surface area contributed by atoms with Crippen LogP contribution in [0.2, 0.25) is 0 Å². The summed E-state index contributed by atoms with van der Waals surface area (Å²) in [5.41, 5.74) is 0. The minimum atomic E-state index is -1.10. The van der Waals surface area contributed by atoms with Crippen LogP contribution in [0.1, 0.15) is 13.8 Å². The molecular formula is C7H12N2O3. The van der Waals surface area contributed by atoms with Gasteiger partial charge in [-0.1, -0.05) is 0 Å². The summed E-state index contributed by atoms with van der Waals surface area (Å²) in [6.45, 7) is 3.61. The van der Waals surface area contributed by atoms with Crippen molar-refractivity contribution in [3.63, 3.8) is 0 Å². The molecule has 0 aromatic rings. The van der Waals surface area contributed by atoms with Gasteiger partial charge in [0.25, 0.3) is 0 Å². The smallest absolute Gasteiger partial charge is 0.329 e. The van der Waals surface area contributed by atoms with E-state index in [2.05, 4.69) is 10.6 Å². The highest BCUT2D eigenvalue weighted by molar-refractivity contribution is 5.81. The minimum Gasteiger partial charge on any atom is -0.478 e. The minimum absolute atomic E-state index is 0.0308. The van der Waals surface area contributed by atoms with E-state index in [1.165, 1.54) is 0 Å².